The van der Waals surface area contributed by atoms with Crippen LogP contribution in [0.4, 0.5) is 5.82 Å². The number of carbonyl (C=O) groups is 1. The van der Waals surface area contributed by atoms with Crippen molar-refractivity contribution in [3.8, 4) is 23.0 Å². The molecule has 1 atom stereocenters. The zero-order valence-corrected chi connectivity index (χ0v) is 14.5. The summed E-state index contributed by atoms with van der Waals surface area (Å²) in [5.74, 6) is 0.838. The smallest absolute Gasteiger partial charge is 0.270 e. The van der Waals surface area contributed by atoms with Gasteiger partial charge in [0.05, 0.1) is 11.9 Å². The number of nitrogens with zero attached hydrogens (tertiary/aromatic N) is 4. The van der Waals surface area contributed by atoms with Crippen LogP contribution in [0.2, 0.25) is 0 Å². The number of hydrogen-bond acceptors (Lipinski definition) is 8. The predicted octanol–water partition coefficient (Wildman–Crippen LogP) is 2.11. The molecule has 0 saturated heterocycles. The van der Waals surface area contributed by atoms with Crippen molar-refractivity contribution in [3.05, 3.63) is 48.3 Å². The van der Waals surface area contributed by atoms with Crippen molar-refractivity contribution < 1.29 is 9.21 Å². The van der Waals surface area contributed by atoms with Gasteiger partial charge in [-0.05, 0) is 30.7 Å². The van der Waals surface area contributed by atoms with Gasteiger partial charge in [-0.3, -0.25) is 0 Å². The summed E-state index contributed by atoms with van der Waals surface area (Å²) in [6.07, 6.45) is 5.74. The van der Waals surface area contributed by atoms with E-state index in [-0.39, 0.29) is 17.8 Å². The number of aromatic nitrogens is 4. The summed E-state index contributed by atoms with van der Waals surface area (Å²) in [4.78, 5) is 19.6. The van der Waals surface area contributed by atoms with E-state index in [2.05, 4.69) is 25.5 Å². The summed E-state index contributed by atoms with van der Waals surface area (Å²) in [6, 6.07) is 9.48. The van der Waals surface area contributed by atoms with Crippen molar-refractivity contribution in [2.75, 3.05) is 12.3 Å². The molecule has 1 unspecified atom stereocenters. The van der Waals surface area contributed by atoms with Gasteiger partial charge in [0.1, 0.15) is 6.29 Å². The van der Waals surface area contributed by atoms with Crippen molar-refractivity contribution >= 4 is 17.7 Å². The summed E-state index contributed by atoms with van der Waals surface area (Å²) in [7, 11) is 0. The molecule has 27 heavy (non-hydrogen) atoms. The number of aldehydes is 1. The van der Waals surface area contributed by atoms with E-state index in [1.54, 1.807) is 6.20 Å². The number of hydrogen-bond donors (Lipinski definition) is 2. The molecule has 3 heterocycles. The third-order valence-electron chi connectivity index (χ3n) is 4.33. The molecule has 1 aliphatic heterocycles. The number of rotatable bonds is 5. The molecule has 0 bridgehead atoms. The molecule has 1 aromatic carbocycles. The summed E-state index contributed by atoms with van der Waals surface area (Å²) in [6.45, 7) is 0.768. The lowest BCUT2D eigenvalue weighted by molar-refractivity contribution is -0.108. The van der Waals surface area contributed by atoms with E-state index in [0.29, 0.717) is 23.7 Å². The first-order valence-corrected chi connectivity index (χ1v) is 8.64. The van der Waals surface area contributed by atoms with Crippen molar-refractivity contribution in [2.24, 2.45) is 0 Å². The number of benzene rings is 1. The summed E-state index contributed by atoms with van der Waals surface area (Å²) < 4.78 is 5.76. The van der Waals surface area contributed by atoms with Crippen LogP contribution in [0.1, 0.15) is 18.5 Å². The first-order valence-electron chi connectivity index (χ1n) is 8.64. The van der Waals surface area contributed by atoms with Gasteiger partial charge >= 0.3 is 0 Å². The number of nitrogen functional groups attached to an aromatic ring is 1. The minimum atomic E-state index is 0.00198. The van der Waals surface area contributed by atoms with Crippen LogP contribution in [-0.2, 0) is 4.79 Å². The van der Waals surface area contributed by atoms with Crippen molar-refractivity contribution in [2.45, 2.75) is 18.9 Å². The van der Waals surface area contributed by atoms with Crippen LogP contribution in [0, 0.1) is 0 Å². The molecule has 0 amide bonds. The summed E-state index contributed by atoms with van der Waals surface area (Å²) in [5.41, 5.74) is 8.87. The standard InChI is InChI=1S/C19H18N6O2/c20-17-16(19-25-24-18(27-19)12-4-2-1-3-5-12)23-15(11-22-17)13-6-8-21-14(10-13)7-9-26/h1-5,9-11,14,21H,6-8H2,(H2,20,22). The molecule has 3 aromatic rings. The van der Waals surface area contributed by atoms with Gasteiger partial charge in [0.15, 0.2) is 11.5 Å². The van der Waals surface area contributed by atoms with Gasteiger partial charge in [-0.1, -0.05) is 24.3 Å². The largest absolute Gasteiger partial charge is 0.414 e. The highest BCUT2D eigenvalue weighted by atomic mass is 16.4. The van der Waals surface area contributed by atoms with Crippen molar-refractivity contribution in [1.82, 2.24) is 25.5 Å². The Labute approximate surface area is 155 Å². The average Bonchev–Trinajstić information content (AvgIpc) is 3.19. The Hall–Kier alpha value is -3.39. The second-order valence-corrected chi connectivity index (χ2v) is 6.17. The number of nitrogens with two attached hydrogens (primary N) is 1. The third-order valence-corrected chi connectivity index (χ3v) is 4.33. The van der Waals surface area contributed by atoms with Gasteiger partial charge in [0, 0.05) is 18.0 Å². The van der Waals surface area contributed by atoms with Gasteiger partial charge in [0.25, 0.3) is 5.89 Å². The zero-order valence-electron chi connectivity index (χ0n) is 14.5. The molecule has 2 aromatic heterocycles. The van der Waals surface area contributed by atoms with E-state index < -0.39 is 0 Å². The van der Waals surface area contributed by atoms with Crippen molar-refractivity contribution in [3.63, 3.8) is 0 Å². The molecule has 0 spiro atoms. The van der Waals surface area contributed by atoms with Crippen LogP contribution in [0.3, 0.4) is 0 Å². The maximum atomic E-state index is 10.8. The second kappa shape index (κ2) is 7.46. The third kappa shape index (κ3) is 3.61. The SMILES string of the molecule is Nc1ncc(C2=CC(CC=O)NCC2)nc1-c1nnc(-c2ccccc2)o1. The lowest BCUT2D eigenvalue weighted by Gasteiger charge is -2.21. The van der Waals surface area contributed by atoms with E-state index in [1.807, 2.05) is 36.4 Å². The Balaban J connectivity index is 1.67. The van der Waals surface area contributed by atoms with E-state index >= 15 is 0 Å². The molecular formula is C19H18N6O2. The fourth-order valence-corrected chi connectivity index (χ4v) is 2.97. The van der Waals surface area contributed by atoms with Gasteiger partial charge in [-0.15, -0.1) is 10.2 Å². The number of anilines is 1. The Morgan fingerprint density at radius 1 is 1.22 bits per heavy atom. The molecule has 3 N–H and O–H groups in total. The molecule has 0 aliphatic carbocycles. The quantitative estimate of drug-likeness (QED) is 0.662. The maximum absolute atomic E-state index is 10.8. The minimum Gasteiger partial charge on any atom is -0.414 e. The summed E-state index contributed by atoms with van der Waals surface area (Å²) >= 11 is 0. The first-order chi connectivity index (χ1) is 13.2. The lowest BCUT2D eigenvalue weighted by Crippen LogP contribution is -2.32. The van der Waals surface area contributed by atoms with Gasteiger partial charge in [-0.25, -0.2) is 9.97 Å². The molecule has 8 nitrogen and oxygen atoms in total. The normalized spacial score (nSPS) is 16.7. The van der Waals surface area contributed by atoms with E-state index in [0.717, 1.165) is 30.4 Å². The highest BCUT2D eigenvalue weighted by molar-refractivity contribution is 5.70. The Kier molecular flexibility index (Phi) is 4.71. The van der Waals surface area contributed by atoms with Gasteiger partial charge < -0.3 is 20.3 Å². The van der Waals surface area contributed by atoms with E-state index in [4.69, 9.17) is 10.2 Å². The fourth-order valence-electron chi connectivity index (χ4n) is 2.97. The van der Waals surface area contributed by atoms with Crippen molar-refractivity contribution in [1.29, 1.82) is 0 Å². The van der Waals surface area contributed by atoms with Crippen LogP contribution >= 0.6 is 0 Å². The lowest BCUT2D eigenvalue weighted by atomic mass is 10.0. The predicted molar refractivity (Wildman–Crippen MR) is 100 cm³/mol. The fraction of sp³-hybridized carbons (Fsp3) is 0.211. The molecule has 136 valence electrons. The highest BCUT2D eigenvalue weighted by Gasteiger charge is 2.19. The van der Waals surface area contributed by atoms with Crippen LogP contribution in [0.25, 0.3) is 28.6 Å². The topological polar surface area (TPSA) is 120 Å². The van der Waals surface area contributed by atoms with E-state index in [9.17, 15) is 4.79 Å². The average molecular weight is 362 g/mol. The Morgan fingerprint density at radius 3 is 2.85 bits per heavy atom. The summed E-state index contributed by atoms with van der Waals surface area (Å²) in [5, 5.41) is 11.4. The van der Waals surface area contributed by atoms with Crippen LogP contribution in [0.15, 0.2) is 47.0 Å². The maximum Gasteiger partial charge on any atom is 0.270 e. The van der Waals surface area contributed by atoms with Gasteiger partial charge in [-0.2, -0.15) is 0 Å². The molecular weight excluding hydrogens is 344 g/mol. The van der Waals surface area contributed by atoms with Gasteiger partial charge in [0.2, 0.25) is 5.89 Å². The molecule has 0 radical (unpaired) electrons. The Bertz CT molecular complexity index is 983. The monoisotopic (exact) mass is 362 g/mol. The molecule has 0 fully saturated rings. The van der Waals surface area contributed by atoms with Crippen LogP contribution in [-0.4, -0.2) is 39.0 Å². The Morgan fingerprint density at radius 2 is 2.04 bits per heavy atom. The second-order valence-electron chi connectivity index (χ2n) is 6.17. The van der Waals surface area contributed by atoms with E-state index in [1.165, 1.54) is 0 Å². The number of nitrogens with one attached hydrogen (secondary N) is 1. The number of carbonyl (C=O) groups excluding carboxylic acids is 1. The van der Waals surface area contributed by atoms with Crippen LogP contribution < -0.4 is 11.1 Å². The minimum absolute atomic E-state index is 0.00198. The van der Waals surface area contributed by atoms with Crippen LogP contribution in [0.5, 0.6) is 0 Å². The first kappa shape index (κ1) is 17.0. The molecule has 0 saturated carbocycles. The zero-order chi connectivity index (χ0) is 18.6. The molecule has 1 aliphatic rings. The molecule has 4 rings (SSSR count). The molecule has 8 heteroatoms. The highest BCUT2D eigenvalue weighted by Crippen LogP contribution is 2.28.